The summed E-state index contributed by atoms with van der Waals surface area (Å²) in [5.74, 6) is 1.58. The maximum absolute atomic E-state index is 10.2. The van der Waals surface area contributed by atoms with Gasteiger partial charge in [0.25, 0.3) is 0 Å². The van der Waals surface area contributed by atoms with Crippen molar-refractivity contribution in [2.75, 3.05) is 12.3 Å². The Hall–Kier alpha value is -0.510. The monoisotopic (exact) mass is 307 g/mol. The van der Waals surface area contributed by atoms with Crippen molar-refractivity contribution in [2.45, 2.75) is 63.0 Å². The molecule has 0 heterocycles. The van der Waals surface area contributed by atoms with Crippen molar-refractivity contribution >= 4 is 11.8 Å². The SMILES string of the molecule is CCNC(C)c1cccc(SCC(O)CC2CCCC2)c1. The molecule has 0 aromatic heterocycles. The van der Waals surface area contributed by atoms with Gasteiger partial charge in [0.05, 0.1) is 6.10 Å². The van der Waals surface area contributed by atoms with Crippen LogP contribution in [0.15, 0.2) is 29.2 Å². The lowest BCUT2D eigenvalue weighted by atomic mass is 10.0. The van der Waals surface area contributed by atoms with Crippen molar-refractivity contribution < 1.29 is 5.11 Å². The molecule has 21 heavy (non-hydrogen) atoms. The van der Waals surface area contributed by atoms with Crippen LogP contribution in [0.3, 0.4) is 0 Å². The van der Waals surface area contributed by atoms with Crippen LogP contribution in [0.1, 0.15) is 57.6 Å². The first-order valence-corrected chi connectivity index (χ1v) is 9.31. The van der Waals surface area contributed by atoms with Gasteiger partial charge in [-0.15, -0.1) is 11.8 Å². The Morgan fingerprint density at radius 3 is 2.81 bits per heavy atom. The van der Waals surface area contributed by atoms with Gasteiger partial charge < -0.3 is 10.4 Å². The molecule has 0 spiro atoms. The van der Waals surface area contributed by atoms with Crippen molar-refractivity contribution in [1.82, 2.24) is 5.32 Å². The Morgan fingerprint density at radius 2 is 2.10 bits per heavy atom. The van der Waals surface area contributed by atoms with E-state index in [0.717, 1.165) is 24.6 Å². The van der Waals surface area contributed by atoms with E-state index in [1.165, 1.54) is 36.1 Å². The fourth-order valence-electron chi connectivity index (χ4n) is 3.19. The molecule has 0 saturated heterocycles. The number of aliphatic hydroxyl groups is 1. The summed E-state index contributed by atoms with van der Waals surface area (Å²) in [6, 6.07) is 9.08. The van der Waals surface area contributed by atoms with E-state index in [9.17, 15) is 5.11 Å². The van der Waals surface area contributed by atoms with Crippen LogP contribution in [0.2, 0.25) is 0 Å². The summed E-state index contributed by atoms with van der Waals surface area (Å²) >= 11 is 1.78. The molecule has 0 aliphatic heterocycles. The standard InChI is InChI=1S/C18H29NOS/c1-3-19-14(2)16-9-6-10-18(12-16)21-13-17(20)11-15-7-4-5-8-15/h6,9-10,12,14-15,17,19-20H,3-5,7-8,11,13H2,1-2H3. The quantitative estimate of drug-likeness (QED) is 0.699. The smallest absolute Gasteiger partial charge is 0.0636 e. The summed E-state index contributed by atoms with van der Waals surface area (Å²) in [5, 5.41) is 13.6. The molecule has 1 saturated carbocycles. The van der Waals surface area contributed by atoms with Gasteiger partial charge in [0.2, 0.25) is 0 Å². The summed E-state index contributed by atoms with van der Waals surface area (Å²) in [5.41, 5.74) is 1.33. The first-order chi connectivity index (χ1) is 10.2. The molecule has 2 rings (SSSR count). The highest BCUT2D eigenvalue weighted by Gasteiger charge is 2.18. The Morgan fingerprint density at radius 1 is 1.33 bits per heavy atom. The van der Waals surface area contributed by atoms with Crippen LogP contribution < -0.4 is 5.32 Å². The molecule has 1 aliphatic rings. The summed E-state index contributed by atoms with van der Waals surface area (Å²) < 4.78 is 0. The van der Waals surface area contributed by atoms with E-state index in [-0.39, 0.29) is 6.10 Å². The predicted molar refractivity (Wildman–Crippen MR) is 91.8 cm³/mol. The largest absolute Gasteiger partial charge is 0.392 e. The summed E-state index contributed by atoms with van der Waals surface area (Å²) in [6.45, 7) is 5.31. The molecule has 2 atom stereocenters. The molecular formula is C18H29NOS. The number of rotatable bonds is 8. The maximum atomic E-state index is 10.2. The molecule has 2 unspecified atom stereocenters. The third-order valence-corrected chi connectivity index (χ3v) is 5.53. The highest BCUT2D eigenvalue weighted by Crippen LogP contribution is 2.30. The summed E-state index contributed by atoms with van der Waals surface area (Å²) in [4.78, 5) is 1.27. The first-order valence-electron chi connectivity index (χ1n) is 8.33. The Bertz CT molecular complexity index is 417. The number of hydrogen-bond acceptors (Lipinski definition) is 3. The van der Waals surface area contributed by atoms with E-state index >= 15 is 0 Å². The second-order valence-corrected chi connectivity index (χ2v) is 7.30. The molecular weight excluding hydrogens is 278 g/mol. The highest BCUT2D eigenvalue weighted by molar-refractivity contribution is 7.99. The normalized spacial score (nSPS) is 18.8. The van der Waals surface area contributed by atoms with Crippen LogP contribution in [0.5, 0.6) is 0 Å². The van der Waals surface area contributed by atoms with Gasteiger partial charge in [0.1, 0.15) is 0 Å². The van der Waals surface area contributed by atoms with Gasteiger partial charge in [-0.3, -0.25) is 0 Å². The van der Waals surface area contributed by atoms with Gasteiger partial charge in [-0.1, -0.05) is 44.7 Å². The van der Waals surface area contributed by atoms with E-state index < -0.39 is 0 Å². The zero-order chi connectivity index (χ0) is 15.1. The number of benzene rings is 1. The summed E-state index contributed by atoms with van der Waals surface area (Å²) in [6.07, 6.45) is 6.17. The van der Waals surface area contributed by atoms with Crippen LogP contribution in [-0.4, -0.2) is 23.5 Å². The number of thioether (sulfide) groups is 1. The van der Waals surface area contributed by atoms with Crippen LogP contribution >= 0.6 is 11.8 Å². The van der Waals surface area contributed by atoms with E-state index in [1.54, 1.807) is 11.8 Å². The third-order valence-electron chi connectivity index (χ3n) is 4.39. The fraction of sp³-hybridized carbons (Fsp3) is 0.667. The minimum Gasteiger partial charge on any atom is -0.392 e. The topological polar surface area (TPSA) is 32.3 Å². The molecule has 1 fully saturated rings. The van der Waals surface area contributed by atoms with Crippen molar-refractivity contribution in [2.24, 2.45) is 5.92 Å². The molecule has 2 nitrogen and oxygen atoms in total. The van der Waals surface area contributed by atoms with Crippen LogP contribution in [0.25, 0.3) is 0 Å². The lowest BCUT2D eigenvalue weighted by Crippen LogP contribution is -2.17. The minimum atomic E-state index is -0.159. The van der Waals surface area contributed by atoms with E-state index in [2.05, 4.69) is 43.4 Å². The second kappa shape index (κ2) is 8.82. The summed E-state index contributed by atoms with van der Waals surface area (Å²) in [7, 11) is 0. The predicted octanol–water partition coefficient (Wildman–Crippen LogP) is 4.39. The average molecular weight is 308 g/mol. The molecule has 2 N–H and O–H groups in total. The van der Waals surface area contributed by atoms with Gasteiger partial charge in [0.15, 0.2) is 0 Å². The zero-order valence-electron chi connectivity index (χ0n) is 13.3. The lowest BCUT2D eigenvalue weighted by molar-refractivity contribution is 0.166. The fourth-order valence-corrected chi connectivity index (χ4v) is 4.10. The van der Waals surface area contributed by atoms with Gasteiger partial charge in [-0.25, -0.2) is 0 Å². The van der Waals surface area contributed by atoms with Crippen molar-refractivity contribution in [1.29, 1.82) is 0 Å². The minimum absolute atomic E-state index is 0.159. The lowest BCUT2D eigenvalue weighted by Gasteiger charge is -2.16. The van der Waals surface area contributed by atoms with Crippen LogP contribution in [-0.2, 0) is 0 Å². The van der Waals surface area contributed by atoms with Crippen molar-refractivity contribution in [3.05, 3.63) is 29.8 Å². The number of aliphatic hydroxyl groups excluding tert-OH is 1. The number of hydrogen-bond donors (Lipinski definition) is 2. The van der Waals surface area contributed by atoms with Crippen LogP contribution in [0.4, 0.5) is 0 Å². The van der Waals surface area contributed by atoms with E-state index in [4.69, 9.17) is 0 Å². The average Bonchev–Trinajstić information content (AvgIpc) is 2.98. The van der Waals surface area contributed by atoms with Gasteiger partial charge >= 0.3 is 0 Å². The van der Waals surface area contributed by atoms with E-state index in [1.807, 2.05) is 0 Å². The van der Waals surface area contributed by atoms with Crippen LogP contribution in [0, 0.1) is 5.92 Å². The highest BCUT2D eigenvalue weighted by atomic mass is 32.2. The number of nitrogens with one attached hydrogen (secondary N) is 1. The second-order valence-electron chi connectivity index (χ2n) is 6.20. The van der Waals surface area contributed by atoms with Gasteiger partial charge in [0, 0.05) is 16.7 Å². The molecule has 1 aliphatic carbocycles. The van der Waals surface area contributed by atoms with Crippen molar-refractivity contribution in [3.8, 4) is 0 Å². The van der Waals surface area contributed by atoms with Gasteiger partial charge in [-0.05, 0) is 43.5 Å². The van der Waals surface area contributed by atoms with Crippen molar-refractivity contribution in [3.63, 3.8) is 0 Å². The molecule has 0 radical (unpaired) electrons. The third kappa shape index (κ3) is 5.65. The molecule has 0 amide bonds. The molecule has 3 heteroatoms. The van der Waals surface area contributed by atoms with Gasteiger partial charge in [-0.2, -0.15) is 0 Å². The maximum Gasteiger partial charge on any atom is 0.0636 e. The molecule has 118 valence electrons. The Labute approximate surface area is 133 Å². The first kappa shape index (κ1) is 16.9. The molecule has 1 aromatic rings. The zero-order valence-corrected chi connectivity index (χ0v) is 14.2. The Balaban J connectivity index is 1.80. The molecule has 1 aromatic carbocycles. The van der Waals surface area contributed by atoms with E-state index in [0.29, 0.717) is 6.04 Å². The molecule has 0 bridgehead atoms. The Kier molecular flexibility index (Phi) is 7.08.